The fraction of sp³-hybridized carbons (Fsp3) is 0.300. The second-order valence-corrected chi connectivity index (χ2v) is 3.61. The molecule has 4 nitrogen and oxygen atoms in total. The molecule has 0 saturated heterocycles. The molecule has 0 aliphatic heterocycles. The zero-order valence-corrected chi connectivity index (χ0v) is 9.30. The first kappa shape index (κ1) is 11.7. The van der Waals surface area contributed by atoms with Gasteiger partial charge in [0.15, 0.2) is 11.5 Å². The van der Waals surface area contributed by atoms with Gasteiger partial charge in [-0.05, 0) is 25.3 Å². The number of hydrogen-bond acceptors (Lipinski definition) is 5. The number of carbonyl (C=O) groups excluding carboxylic acids is 1. The number of esters is 1. The van der Waals surface area contributed by atoms with Gasteiger partial charge in [0, 0.05) is 0 Å². The second-order valence-electron chi connectivity index (χ2n) is 2.77. The third-order valence-corrected chi connectivity index (χ3v) is 2.54. The number of phenolic OH excluding ortho intramolecular Hbond substituents is 2. The molecule has 0 atom stereocenters. The summed E-state index contributed by atoms with van der Waals surface area (Å²) in [6.45, 7) is 1.97. The first-order chi connectivity index (χ1) is 7.10. The molecule has 0 aromatic heterocycles. The highest BCUT2D eigenvalue weighted by molar-refractivity contribution is 7.98. The lowest BCUT2D eigenvalue weighted by atomic mass is 10.2. The van der Waals surface area contributed by atoms with Gasteiger partial charge in [0.05, 0.1) is 17.1 Å². The van der Waals surface area contributed by atoms with Crippen molar-refractivity contribution in [3.05, 3.63) is 17.7 Å². The van der Waals surface area contributed by atoms with Crippen molar-refractivity contribution in [2.45, 2.75) is 11.8 Å². The van der Waals surface area contributed by atoms with Gasteiger partial charge in [-0.25, -0.2) is 4.79 Å². The summed E-state index contributed by atoms with van der Waals surface area (Å²) in [7, 11) is 0. The molecule has 1 aromatic rings. The maximum absolute atomic E-state index is 11.4. The number of rotatable bonds is 3. The van der Waals surface area contributed by atoms with E-state index in [0.29, 0.717) is 4.90 Å². The summed E-state index contributed by atoms with van der Waals surface area (Å²) in [6, 6.07) is 2.67. The highest BCUT2D eigenvalue weighted by atomic mass is 32.2. The molecule has 0 bridgehead atoms. The topological polar surface area (TPSA) is 66.8 Å². The molecule has 5 heteroatoms. The monoisotopic (exact) mass is 228 g/mol. The van der Waals surface area contributed by atoms with E-state index in [9.17, 15) is 15.0 Å². The Balaban J connectivity index is 3.10. The maximum atomic E-state index is 11.4. The van der Waals surface area contributed by atoms with Crippen molar-refractivity contribution in [1.29, 1.82) is 0 Å². The zero-order chi connectivity index (χ0) is 11.4. The van der Waals surface area contributed by atoms with Gasteiger partial charge in [-0.3, -0.25) is 0 Å². The van der Waals surface area contributed by atoms with Crippen LogP contribution >= 0.6 is 11.8 Å². The summed E-state index contributed by atoms with van der Waals surface area (Å²) in [5.74, 6) is -1.04. The van der Waals surface area contributed by atoms with Crippen LogP contribution in [0.25, 0.3) is 0 Å². The summed E-state index contributed by atoms with van der Waals surface area (Å²) >= 11 is 1.24. The maximum Gasteiger partial charge on any atom is 0.338 e. The summed E-state index contributed by atoms with van der Waals surface area (Å²) in [5.41, 5.74) is 0.233. The molecule has 2 N–H and O–H groups in total. The van der Waals surface area contributed by atoms with Gasteiger partial charge in [-0.2, -0.15) is 0 Å². The summed E-state index contributed by atoms with van der Waals surface area (Å²) in [6.07, 6.45) is 1.74. The van der Waals surface area contributed by atoms with Gasteiger partial charge >= 0.3 is 5.97 Å². The van der Waals surface area contributed by atoms with E-state index in [4.69, 9.17) is 4.74 Å². The number of benzene rings is 1. The Morgan fingerprint density at radius 3 is 2.67 bits per heavy atom. The van der Waals surface area contributed by atoms with Gasteiger partial charge < -0.3 is 14.9 Å². The predicted molar refractivity (Wildman–Crippen MR) is 57.5 cm³/mol. The second kappa shape index (κ2) is 4.93. The van der Waals surface area contributed by atoms with E-state index >= 15 is 0 Å². The molecule has 0 unspecified atom stereocenters. The van der Waals surface area contributed by atoms with Crippen molar-refractivity contribution in [2.24, 2.45) is 0 Å². The van der Waals surface area contributed by atoms with Crippen LogP contribution in [0.5, 0.6) is 11.5 Å². The molecule has 0 heterocycles. The van der Waals surface area contributed by atoms with E-state index in [1.165, 1.54) is 23.9 Å². The van der Waals surface area contributed by atoms with E-state index in [-0.39, 0.29) is 23.7 Å². The van der Waals surface area contributed by atoms with E-state index in [1.54, 1.807) is 13.2 Å². The third kappa shape index (κ3) is 2.56. The lowest BCUT2D eigenvalue weighted by Gasteiger charge is -2.07. The molecule has 0 aliphatic carbocycles. The molecule has 0 saturated carbocycles. The van der Waals surface area contributed by atoms with Gasteiger partial charge in [-0.15, -0.1) is 11.8 Å². The quantitative estimate of drug-likeness (QED) is 0.470. The number of phenols is 2. The van der Waals surface area contributed by atoms with Crippen molar-refractivity contribution < 1.29 is 19.7 Å². The minimum Gasteiger partial charge on any atom is -0.504 e. The van der Waals surface area contributed by atoms with Crippen molar-refractivity contribution >= 4 is 17.7 Å². The number of hydrogen-bond donors (Lipinski definition) is 2. The van der Waals surface area contributed by atoms with Crippen molar-refractivity contribution in [1.82, 2.24) is 0 Å². The average Bonchev–Trinajstić information content (AvgIpc) is 2.22. The molecule has 0 aliphatic rings. The van der Waals surface area contributed by atoms with Gasteiger partial charge in [0.25, 0.3) is 0 Å². The van der Waals surface area contributed by atoms with Crippen LogP contribution in [0.3, 0.4) is 0 Å². The molecule has 82 valence electrons. The Bertz CT molecular complexity index is 376. The standard InChI is InChI=1S/C10H12O4S/c1-3-14-10(13)6-4-7(11)9(12)8(5-6)15-2/h4-5,11-12H,3H2,1-2H3. The first-order valence-electron chi connectivity index (χ1n) is 4.37. The molecule has 15 heavy (non-hydrogen) atoms. The van der Waals surface area contributed by atoms with E-state index in [0.717, 1.165) is 0 Å². The molecule has 0 spiro atoms. The van der Waals surface area contributed by atoms with Crippen LogP contribution in [-0.2, 0) is 4.74 Å². The molecule has 0 fully saturated rings. The molecular formula is C10H12O4S. The Hall–Kier alpha value is -1.36. The van der Waals surface area contributed by atoms with Crippen LogP contribution in [0.15, 0.2) is 17.0 Å². The highest BCUT2D eigenvalue weighted by Gasteiger charge is 2.13. The lowest BCUT2D eigenvalue weighted by Crippen LogP contribution is -2.04. The lowest BCUT2D eigenvalue weighted by molar-refractivity contribution is 0.0525. The molecular weight excluding hydrogens is 216 g/mol. The van der Waals surface area contributed by atoms with Gasteiger partial charge in [-0.1, -0.05) is 0 Å². The fourth-order valence-electron chi connectivity index (χ4n) is 1.08. The normalized spacial score (nSPS) is 10.0. The van der Waals surface area contributed by atoms with Crippen LogP contribution in [0.2, 0.25) is 0 Å². The predicted octanol–water partition coefficient (Wildman–Crippen LogP) is 2.00. The number of aromatic hydroxyl groups is 2. The van der Waals surface area contributed by atoms with Crippen LogP contribution in [0.4, 0.5) is 0 Å². The Morgan fingerprint density at radius 2 is 2.13 bits per heavy atom. The van der Waals surface area contributed by atoms with Crippen LogP contribution in [-0.4, -0.2) is 29.0 Å². The van der Waals surface area contributed by atoms with Crippen molar-refractivity contribution in [2.75, 3.05) is 12.9 Å². The van der Waals surface area contributed by atoms with Gasteiger partial charge in [0.1, 0.15) is 0 Å². The van der Waals surface area contributed by atoms with Gasteiger partial charge in [0.2, 0.25) is 0 Å². The highest BCUT2D eigenvalue weighted by Crippen LogP contribution is 2.36. The Labute approximate surface area is 91.9 Å². The number of carbonyl (C=O) groups is 1. The van der Waals surface area contributed by atoms with E-state index in [1.807, 2.05) is 0 Å². The average molecular weight is 228 g/mol. The molecule has 0 radical (unpaired) electrons. The third-order valence-electron chi connectivity index (χ3n) is 1.79. The fourth-order valence-corrected chi connectivity index (χ4v) is 1.62. The Morgan fingerprint density at radius 1 is 1.47 bits per heavy atom. The minimum atomic E-state index is -0.511. The van der Waals surface area contributed by atoms with Crippen molar-refractivity contribution in [3.8, 4) is 11.5 Å². The molecule has 1 rings (SSSR count). The number of thioether (sulfide) groups is 1. The largest absolute Gasteiger partial charge is 0.504 e. The smallest absolute Gasteiger partial charge is 0.338 e. The van der Waals surface area contributed by atoms with Crippen LogP contribution in [0, 0.1) is 0 Å². The van der Waals surface area contributed by atoms with Crippen molar-refractivity contribution in [3.63, 3.8) is 0 Å². The number of ether oxygens (including phenoxy) is 1. The summed E-state index contributed by atoms with van der Waals surface area (Å²) in [5, 5.41) is 18.8. The van der Waals surface area contributed by atoms with E-state index in [2.05, 4.69) is 0 Å². The SMILES string of the molecule is CCOC(=O)c1cc(O)c(O)c(SC)c1. The zero-order valence-electron chi connectivity index (χ0n) is 8.48. The van der Waals surface area contributed by atoms with E-state index < -0.39 is 5.97 Å². The molecule has 1 aromatic carbocycles. The van der Waals surface area contributed by atoms with Crippen LogP contribution in [0.1, 0.15) is 17.3 Å². The molecule has 0 amide bonds. The summed E-state index contributed by atoms with van der Waals surface area (Å²) in [4.78, 5) is 11.8. The minimum absolute atomic E-state index is 0.212. The van der Waals surface area contributed by atoms with Crippen LogP contribution < -0.4 is 0 Å². The first-order valence-corrected chi connectivity index (χ1v) is 5.59. The summed E-state index contributed by atoms with van der Waals surface area (Å²) < 4.78 is 4.78. The Kier molecular flexibility index (Phi) is 3.85.